The maximum Gasteiger partial charge on any atom is 0.271 e. The summed E-state index contributed by atoms with van der Waals surface area (Å²) in [6.45, 7) is 1.71. The van der Waals surface area contributed by atoms with Crippen molar-refractivity contribution in [1.29, 1.82) is 0 Å². The Bertz CT molecular complexity index is 612. The van der Waals surface area contributed by atoms with Gasteiger partial charge in [-0.15, -0.1) is 0 Å². The van der Waals surface area contributed by atoms with Crippen LogP contribution in [0.2, 0.25) is 0 Å². The molecule has 0 bridgehead atoms. The van der Waals surface area contributed by atoms with E-state index in [0.717, 1.165) is 29.3 Å². The van der Waals surface area contributed by atoms with E-state index in [0.29, 0.717) is 5.52 Å². The molecule has 1 fully saturated rings. The van der Waals surface area contributed by atoms with Crippen LogP contribution in [0.1, 0.15) is 6.42 Å². The molecule has 1 aliphatic rings. The SMILES string of the molecule is NC1CCN(c2nc3cc([N+](=O)[O-])ccc3s2)C1. The third-order valence-corrected chi connectivity index (χ3v) is 4.16. The van der Waals surface area contributed by atoms with Crippen LogP contribution in [0.3, 0.4) is 0 Å². The molecule has 3 rings (SSSR count). The van der Waals surface area contributed by atoms with Gasteiger partial charge in [-0.25, -0.2) is 4.98 Å². The lowest BCUT2D eigenvalue weighted by atomic mass is 10.3. The van der Waals surface area contributed by atoms with Crippen molar-refractivity contribution in [2.75, 3.05) is 18.0 Å². The molecule has 7 heteroatoms. The Hall–Kier alpha value is -1.73. The molecular formula is C11H12N4O2S. The first-order chi connectivity index (χ1) is 8.63. The van der Waals surface area contributed by atoms with Crippen molar-refractivity contribution >= 4 is 32.4 Å². The van der Waals surface area contributed by atoms with Gasteiger partial charge in [0, 0.05) is 31.3 Å². The van der Waals surface area contributed by atoms with Crippen molar-refractivity contribution in [3.8, 4) is 0 Å². The zero-order valence-corrected chi connectivity index (χ0v) is 10.4. The number of thiazole rings is 1. The van der Waals surface area contributed by atoms with Crippen molar-refractivity contribution in [1.82, 2.24) is 4.98 Å². The molecule has 0 radical (unpaired) electrons. The Labute approximate surface area is 107 Å². The van der Waals surface area contributed by atoms with E-state index in [9.17, 15) is 10.1 Å². The lowest BCUT2D eigenvalue weighted by Crippen LogP contribution is -2.26. The molecule has 1 aromatic heterocycles. The van der Waals surface area contributed by atoms with Crippen LogP contribution in [0.5, 0.6) is 0 Å². The van der Waals surface area contributed by atoms with Crippen molar-refractivity contribution in [3.63, 3.8) is 0 Å². The lowest BCUT2D eigenvalue weighted by molar-refractivity contribution is -0.384. The van der Waals surface area contributed by atoms with Crippen molar-refractivity contribution in [2.45, 2.75) is 12.5 Å². The highest BCUT2D eigenvalue weighted by atomic mass is 32.1. The van der Waals surface area contributed by atoms with Crippen LogP contribution in [0.25, 0.3) is 10.2 Å². The number of benzene rings is 1. The summed E-state index contributed by atoms with van der Waals surface area (Å²) < 4.78 is 0.969. The maximum atomic E-state index is 10.7. The molecule has 94 valence electrons. The zero-order valence-electron chi connectivity index (χ0n) is 9.57. The van der Waals surface area contributed by atoms with Crippen LogP contribution >= 0.6 is 11.3 Å². The van der Waals surface area contributed by atoms with Gasteiger partial charge in [0.25, 0.3) is 5.69 Å². The molecule has 2 aromatic rings. The third-order valence-electron chi connectivity index (χ3n) is 3.07. The molecule has 18 heavy (non-hydrogen) atoms. The Morgan fingerprint density at radius 2 is 2.39 bits per heavy atom. The standard InChI is InChI=1S/C11H12N4O2S/c12-7-3-4-14(6-7)11-13-9-5-8(15(16)17)1-2-10(9)18-11/h1-2,5,7H,3-4,6,12H2. The molecule has 1 unspecified atom stereocenters. The molecule has 2 heterocycles. The summed E-state index contributed by atoms with van der Waals surface area (Å²) in [7, 11) is 0. The van der Waals surface area contributed by atoms with E-state index in [2.05, 4.69) is 9.88 Å². The van der Waals surface area contributed by atoms with Crippen LogP contribution < -0.4 is 10.6 Å². The number of hydrogen-bond donors (Lipinski definition) is 1. The van der Waals surface area contributed by atoms with Crippen molar-refractivity contribution in [2.24, 2.45) is 5.73 Å². The molecule has 1 atom stereocenters. The molecule has 1 aromatic carbocycles. The number of nitro groups is 1. The predicted octanol–water partition coefficient (Wildman–Crippen LogP) is 1.74. The van der Waals surface area contributed by atoms with Crippen LogP contribution in [-0.4, -0.2) is 29.0 Å². The van der Waals surface area contributed by atoms with Crippen LogP contribution in [0, 0.1) is 10.1 Å². The maximum absolute atomic E-state index is 10.7. The summed E-state index contributed by atoms with van der Waals surface area (Å²) in [5.41, 5.74) is 6.63. The second kappa shape index (κ2) is 4.18. The van der Waals surface area contributed by atoms with E-state index < -0.39 is 4.92 Å². The summed E-state index contributed by atoms with van der Waals surface area (Å²) in [5, 5.41) is 11.6. The van der Waals surface area contributed by atoms with E-state index in [1.54, 1.807) is 17.4 Å². The van der Waals surface area contributed by atoms with Gasteiger partial charge in [0.05, 0.1) is 15.1 Å². The van der Waals surface area contributed by atoms with Gasteiger partial charge in [-0.2, -0.15) is 0 Å². The fourth-order valence-corrected chi connectivity index (χ4v) is 3.09. The average Bonchev–Trinajstić information content (AvgIpc) is 2.93. The minimum atomic E-state index is -0.399. The lowest BCUT2D eigenvalue weighted by Gasteiger charge is -2.12. The van der Waals surface area contributed by atoms with Crippen LogP contribution in [-0.2, 0) is 0 Å². The van der Waals surface area contributed by atoms with Gasteiger partial charge >= 0.3 is 0 Å². The molecule has 0 spiro atoms. The number of hydrogen-bond acceptors (Lipinski definition) is 6. The van der Waals surface area contributed by atoms with Gasteiger partial charge in [0.1, 0.15) is 0 Å². The van der Waals surface area contributed by atoms with E-state index in [4.69, 9.17) is 5.73 Å². The first-order valence-electron chi connectivity index (χ1n) is 5.69. The number of nitrogens with two attached hydrogens (primary N) is 1. The minimum Gasteiger partial charge on any atom is -0.346 e. The van der Waals surface area contributed by atoms with Crippen LogP contribution in [0.4, 0.5) is 10.8 Å². The Kier molecular flexibility index (Phi) is 2.64. The second-order valence-corrected chi connectivity index (χ2v) is 5.41. The topological polar surface area (TPSA) is 85.3 Å². The van der Waals surface area contributed by atoms with Crippen LogP contribution in [0.15, 0.2) is 18.2 Å². The normalized spacial score (nSPS) is 19.6. The molecule has 0 saturated carbocycles. The molecule has 1 aliphatic heterocycles. The summed E-state index contributed by atoms with van der Waals surface area (Å²) in [4.78, 5) is 16.9. The van der Waals surface area contributed by atoms with Gasteiger partial charge in [-0.1, -0.05) is 11.3 Å². The quantitative estimate of drug-likeness (QED) is 0.659. The monoisotopic (exact) mass is 264 g/mol. The fourth-order valence-electron chi connectivity index (χ4n) is 2.11. The average molecular weight is 264 g/mol. The number of nitrogens with zero attached hydrogens (tertiary/aromatic N) is 3. The highest BCUT2D eigenvalue weighted by Gasteiger charge is 2.22. The Morgan fingerprint density at radius 3 is 3.06 bits per heavy atom. The summed E-state index contributed by atoms with van der Waals surface area (Å²) in [6.07, 6.45) is 0.968. The third kappa shape index (κ3) is 1.91. The first-order valence-corrected chi connectivity index (χ1v) is 6.50. The number of nitro benzene ring substituents is 1. The molecule has 0 amide bonds. The van der Waals surface area contributed by atoms with Gasteiger partial charge in [0.15, 0.2) is 5.13 Å². The van der Waals surface area contributed by atoms with Gasteiger partial charge < -0.3 is 10.6 Å². The predicted molar refractivity (Wildman–Crippen MR) is 71.1 cm³/mol. The highest BCUT2D eigenvalue weighted by molar-refractivity contribution is 7.22. The largest absolute Gasteiger partial charge is 0.346 e. The van der Waals surface area contributed by atoms with Crippen molar-refractivity contribution in [3.05, 3.63) is 28.3 Å². The molecule has 2 N–H and O–H groups in total. The van der Waals surface area contributed by atoms with E-state index in [1.807, 2.05) is 0 Å². The number of rotatable bonds is 2. The van der Waals surface area contributed by atoms with E-state index in [-0.39, 0.29) is 11.7 Å². The Morgan fingerprint density at radius 1 is 1.56 bits per heavy atom. The molecule has 0 aliphatic carbocycles. The molecular weight excluding hydrogens is 252 g/mol. The van der Waals surface area contributed by atoms with E-state index in [1.165, 1.54) is 12.1 Å². The molecule has 1 saturated heterocycles. The fraction of sp³-hybridized carbons (Fsp3) is 0.364. The summed E-state index contributed by atoms with van der Waals surface area (Å²) in [5.74, 6) is 0. The van der Waals surface area contributed by atoms with Gasteiger partial charge in [-0.05, 0) is 12.5 Å². The van der Waals surface area contributed by atoms with Crippen molar-refractivity contribution < 1.29 is 4.92 Å². The smallest absolute Gasteiger partial charge is 0.271 e. The Balaban J connectivity index is 1.98. The zero-order chi connectivity index (χ0) is 12.7. The van der Waals surface area contributed by atoms with Gasteiger partial charge in [0.2, 0.25) is 0 Å². The second-order valence-electron chi connectivity index (χ2n) is 4.40. The minimum absolute atomic E-state index is 0.0810. The number of fused-ring (bicyclic) bond motifs is 1. The first kappa shape index (κ1) is 11.4. The number of aromatic nitrogens is 1. The molecule has 6 nitrogen and oxygen atoms in total. The van der Waals surface area contributed by atoms with Gasteiger partial charge in [-0.3, -0.25) is 10.1 Å². The number of anilines is 1. The summed E-state index contributed by atoms with van der Waals surface area (Å²) >= 11 is 1.55. The highest BCUT2D eigenvalue weighted by Crippen LogP contribution is 2.32. The summed E-state index contributed by atoms with van der Waals surface area (Å²) in [6, 6.07) is 4.99. The number of non-ortho nitro benzene ring substituents is 1. The van der Waals surface area contributed by atoms with E-state index >= 15 is 0 Å².